The molecule has 0 saturated carbocycles. The van der Waals surface area contributed by atoms with Gasteiger partial charge in [0.25, 0.3) is 0 Å². The molecule has 0 atom stereocenters. The van der Waals surface area contributed by atoms with Crippen LogP contribution in [0.25, 0.3) is 5.82 Å². The van der Waals surface area contributed by atoms with Crippen LogP contribution in [0.2, 0.25) is 0 Å². The second-order valence-corrected chi connectivity index (χ2v) is 10.2. The molecule has 0 unspecified atom stereocenters. The van der Waals surface area contributed by atoms with Crippen LogP contribution < -0.4 is 14.4 Å². The molecular weight excluding hydrogens is 468 g/mol. The van der Waals surface area contributed by atoms with Crippen molar-refractivity contribution in [2.75, 3.05) is 44.3 Å². The number of hydrogen-bond acceptors (Lipinski definition) is 8. The van der Waals surface area contributed by atoms with Gasteiger partial charge in [-0.25, -0.2) is 23.4 Å². The molecule has 1 aliphatic heterocycles. The van der Waals surface area contributed by atoms with E-state index in [1.807, 2.05) is 45.3 Å². The van der Waals surface area contributed by atoms with Crippen molar-refractivity contribution in [3.63, 3.8) is 0 Å². The zero-order chi connectivity index (χ0) is 25.2. The van der Waals surface area contributed by atoms with Crippen molar-refractivity contribution < 1.29 is 17.9 Å². The van der Waals surface area contributed by atoms with E-state index in [9.17, 15) is 8.42 Å². The smallest absolute Gasteiger partial charge is 0.247 e. The number of nitrogens with zero attached hydrogens (tertiary/aromatic N) is 6. The summed E-state index contributed by atoms with van der Waals surface area (Å²) in [5.74, 6) is 2.99. The van der Waals surface area contributed by atoms with Crippen molar-refractivity contribution in [3.05, 3.63) is 47.8 Å². The van der Waals surface area contributed by atoms with Crippen LogP contribution in [0.5, 0.6) is 11.5 Å². The maximum absolute atomic E-state index is 13.6. The molecule has 1 aromatic carbocycles. The Bertz CT molecular complexity index is 1300. The van der Waals surface area contributed by atoms with Gasteiger partial charge in [0.05, 0.1) is 18.9 Å². The van der Waals surface area contributed by atoms with Crippen LogP contribution >= 0.6 is 0 Å². The van der Waals surface area contributed by atoms with Gasteiger partial charge in [-0.1, -0.05) is 0 Å². The number of hydrogen-bond donors (Lipinski definition) is 0. The van der Waals surface area contributed by atoms with E-state index < -0.39 is 10.0 Å². The highest BCUT2D eigenvalue weighted by atomic mass is 32.2. The molecule has 1 saturated heterocycles. The fraction of sp³-hybridized carbons (Fsp3) is 0.458. The maximum atomic E-state index is 13.6. The zero-order valence-corrected chi connectivity index (χ0v) is 21.7. The third-order valence-electron chi connectivity index (χ3n) is 6.02. The Morgan fingerprint density at radius 2 is 1.60 bits per heavy atom. The molecule has 1 aliphatic rings. The number of rotatable bonds is 8. The molecule has 10 nitrogen and oxygen atoms in total. The van der Waals surface area contributed by atoms with Crippen molar-refractivity contribution >= 4 is 15.8 Å². The van der Waals surface area contributed by atoms with Crippen LogP contribution in [-0.2, 0) is 10.0 Å². The molecule has 0 aliphatic carbocycles. The lowest BCUT2D eigenvalue weighted by atomic mass is 10.3. The highest BCUT2D eigenvalue weighted by Crippen LogP contribution is 2.32. The number of aryl methyl sites for hydroxylation is 2. The van der Waals surface area contributed by atoms with Crippen molar-refractivity contribution in [3.8, 4) is 17.3 Å². The molecule has 3 heterocycles. The van der Waals surface area contributed by atoms with Crippen LogP contribution in [0.15, 0.2) is 35.5 Å². The highest BCUT2D eigenvalue weighted by Gasteiger charge is 2.32. The molecule has 0 radical (unpaired) electrons. The Hall–Kier alpha value is -3.18. The number of aromatic nitrogens is 4. The zero-order valence-electron chi connectivity index (χ0n) is 20.9. The number of anilines is 1. The Morgan fingerprint density at radius 1 is 0.914 bits per heavy atom. The van der Waals surface area contributed by atoms with Crippen LogP contribution in [0.4, 0.5) is 5.82 Å². The summed E-state index contributed by atoms with van der Waals surface area (Å²) >= 11 is 0. The summed E-state index contributed by atoms with van der Waals surface area (Å²) in [7, 11) is -3.77. The Labute approximate surface area is 206 Å². The van der Waals surface area contributed by atoms with Crippen LogP contribution in [0.1, 0.15) is 31.1 Å². The molecule has 2 aromatic heterocycles. The summed E-state index contributed by atoms with van der Waals surface area (Å²) in [5, 5.41) is 0. The van der Waals surface area contributed by atoms with Gasteiger partial charge in [0.1, 0.15) is 40.2 Å². The van der Waals surface area contributed by atoms with Gasteiger partial charge in [-0.05, 0) is 46.8 Å². The molecular formula is C24H32N6O4S. The molecule has 1 fully saturated rings. The lowest BCUT2D eigenvalue weighted by molar-refractivity contribution is 0.319. The van der Waals surface area contributed by atoms with E-state index in [0.717, 1.165) is 23.0 Å². The fourth-order valence-corrected chi connectivity index (χ4v) is 5.64. The van der Waals surface area contributed by atoms with Gasteiger partial charge >= 0.3 is 0 Å². The summed E-state index contributed by atoms with van der Waals surface area (Å²) in [5.41, 5.74) is 1.96. The maximum Gasteiger partial charge on any atom is 0.247 e. The predicted molar refractivity (Wildman–Crippen MR) is 133 cm³/mol. The van der Waals surface area contributed by atoms with Crippen molar-refractivity contribution in [1.82, 2.24) is 23.8 Å². The monoisotopic (exact) mass is 500 g/mol. The quantitative estimate of drug-likeness (QED) is 0.465. The minimum Gasteiger partial charge on any atom is -0.494 e. The lowest BCUT2D eigenvalue weighted by Gasteiger charge is -2.35. The molecule has 3 aromatic rings. The van der Waals surface area contributed by atoms with Gasteiger partial charge < -0.3 is 14.4 Å². The topological polar surface area (TPSA) is 103 Å². The number of ether oxygens (including phenoxy) is 2. The van der Waals surface area contributed by atoms with E-state index in [0.29, 0.717) is 56.7 Å². The lowest BCUT2D eigenvalue weighted by Crippen LogP contribution is -2.49. The Morgan fingerprint density at radius 3 is 2.23 bits per heavy atom. The molecule has 0 N–H and O–H groups in total. The number of benzene rings is 1. The number of piperazine rings is 1. The first kappa shape index (κ1) is 24.9. The first-order valence-corrected chi connectivity index (χ1v) is 13.2. The molecule has 188 valence electrons. The molecule has 0 spiro atoms. The average Bonchev–Trinajstić information content (AvgIpc) is 3.18. The van der Waals surface area contributed by atoms with Gasteiger partial charge in [0.2, 0.25) is 10.0 Å². The van der Waals surface area contributed by atoms with E-state index in [2.05, 4.69) is 19.9 Å². The van der Waals surface area contributed by atoms with Gasteiger partial charge in [0, 0.05) is 44.0 Å². The van der Waals surface area contributed by atoms with Crippen LogP contribution in [-0.4, -0.2) is 71.6 Å². The van der Waals surface area contributed by atoms with E-state index in [1.54, 1.807) is 24.5 Å². The largest absolute Gasteiger partial charge is 0.494 e. The van der Waals surface area contributed by atoms with E-state index in [1.165, 1.54) is 4.31 Å². The number of imidazole rings is 1. The van der Waals surface area contributed by atoms with Gasteiger partial charge in [-0.2, -0.15) is 4.31 Å². The van der Waals surface area contributed by atoms with Crippen LogP contribution in [0.3, 0.4) is 0 Å². The number of sulfonamides is 1. The first-order valence-electron chi connectivity index (χ1n) is 11.8. The molecule has 4 rings (SSSR count). The highest BCUT2D eigenvalue weighted by molar-refractivity contribution is 7.89. The van der Waals surface area contributed by atoms with Gasteiger partial charge in [-0.3, -0.25) is 4.57 Å². The second-order valence-electron chi connectivity index (χ2n) is 8.28. The van der Waals surface area contributed by atoms with Crippen molar-refractivity contribution in [2.24, 2.45) is 0 Å². The molecule has 11 heteroatoms. The summed E-state index contributed by atoms with van der Waals surface area (Å²) in [6.07, 6.45) is 1.76. The normalized spacial score (nSPS) is 14.8. The summed E-state index contributed by atoms with van der Waals surface area (Å²) < 4.78 is 41.7. The van der Waals surface area contributed by atoms with E-state index in [4.69, 9.17) is 9.47 Å². The summed E-state index contributed by atoms with van der Waals surface area (Å²) in [6, 6.07) is 6.85. The third-order valence-corrected chi connectivity index (χ3v) is 7.94. The van der Waals surface area contributed by atoms with E-state index in [-0.39, 0.29) is 4.90 Å². The minimum atomic E-state index is -3.77. The Balaban J connectivity index is 1.55. The fourth-order valence-electron chi connectivity index (χ4n) is 4.07. The van der Waals surface area contributed by atoms with Crippen LogP contribution in [0, 0.1) is 20.8 Å². The van der Waals surface area contributed by atoms with Crippen molar-refractivity contribution in [2.45, 2.75) is 39.5 Å². The molecule has 35 heavy (non-hydrogen) atoms. The predicted octanol–water partition coefficient (Wildman–Crippen LogP) is 2.90. The SMILES string of the molecule is CCOc1ccc(OCC)c(S(=O)(=O)N2CCN(c3cc(-n4cnc(C)c4C)nc(C)n3)CC2)c1. The third kappa shape index (κ3) is 5.10. The Kier molecular flexibility index (Phi) is 7.27. The summed E-state index contributed by atoms with van der Waals surface area (Å²) in [4.78, 5) is 15.8. The second kappa shape index (κ2) is 10.2. The molecule has 0 bridgehead atoms. The first-order chi connectivity index (χ1) is 16.7. The average molecular weight is 501 g/mol. The summed E-state index contributed by atoms with van der Waals surface area (Å²) in [6.45, 7) is 12.0. The minimum absolute atomic E-state index is 0.130. The molecule has 0 amide bonds. The van der Waals surface area contributed by atoms with Crippen molar-refractivity contribution in [1.29, 1.82) is 0 Å². The standard InChI is InChI=1S/C24H32N6O4S/c1-6-33-20-8-9-21(34-7-2)22(14-20)35(31,32)29-12-10-28(11-13-29)23-15-24(27-19(5)26-23)30-16-25-17(3)18(30)4/h8-9,14-16H,6-7,10-13H2,1-5H3. The van der Waals surface area contributed by atoms with E-state index >= 15 is 0 Å². The van der Waals surface area contributed by atoms with Gasteiger partial charge in [0.15, 0.2) is 0 Å². The van der Waals surface area contributed by atoms with Gasteiger partial charge in [-0.15, -0.1) is 0 Å².